The Morgan fingerprint density at radius 2 is 1.79 bits per heavy atom. The van der Waals surface area contributed by atoms with E-state index in [1.165, 1.54) is 16.7 Å². The van der Waals surface area contributed by atoms with Crippen molar-refractivity contribution < 1.29 is 9.59 Å². The molecule has 2 aromatic carbocycles. The lowest BCUT2D eigenvalue weighted by atomic mass is 10.3. The molecule has 29 heavy (non-hydrogen) atoms. The highest BCUT2D eigenvalue weighted by molar-refractivity contribution is 7.99. The third-order valence-corrected chi connectivity index (χ3v) is 5.33. The van der Waals surface area contributed by atoms with Gasteiger partial charge in [0.15, 0.2) is 5.16 Å². The first-order valence-corrected chi connectivity index (χ1v) is 10.2. The molecule has 0 saturated heterocycles. The van der Waals surface area contributed by atoms with Crippen molar-refractivity contribution in [2.24, 2.45) is 0 Å². The van der Waals surface area contributed by atoms with E-state index in [0.717, 1.165) is 11.5 Å². The Balaban J connectivity index is 1.57. The van der Waals surface area contributed by atoms with E-state index in [0.29, 0.717) is 15.9 Å². The molecule has 3 aromatic rings. The monoisotopic (exact) mass is 429 g/mol. The maximum absolute atomic E-state index is 12.5. The van der Waals surface area contributed by atoms with Crippen molar-refractivity contribution in [3.05, 3.63) is 65.4 Å². The van der Waals surface area contributed by atoms with E-state index >= 15 is 0 Å². The van der Waals surface area contributed by atoms with Gasteiger partial charge in [-0.2, -0.15) is 0 Å². The summed E-state index contributed by atoms with van der Waals surface area (Å²) in [5.41, 5.74) is 1.44. The van der Waals surface area contributed by atoms with E-state index in [9.17, 15) is 9.59 Å². The van der Waals surface area contributed by atoms with E-state index < -0.39 is 0 Å². The topological polar surface area (TPSA) is 80.1 Å². The molecule has 1 heterocycles. The first kappa shape index (κ1) is 20.9. The van der Waals surface area contributed by atoms with Gasteiger partial charge in [-0.15, -0.1) is 10.2 Å². The Bertz CT molecular complexity index is 1010. The van der Waals surface area contributed by atoms with Gasteiger partial charge in [0, 0.05) is 12.7 Å². The number of halogens is 1. The second-order valence-electron chi connectivity index (χ2n) is 6.27. The molecule has 0 aliphatic heterocycles. The highest BCUT2D eigenvalue weighted by Crippen LogP contribution is 2.22. The van der Waals surface area contributed by atoms with Gasteiger partial charge in [0.25, 0.3) is 0 Å². The van der Waals surface area contributed by atoms with Gasteiger partial charge in [-0.05, 0) is 31.2 Å². The fourth-order valence-electron chi connectivity index (χ4n) is 2.60. The smallest absolute Gasteiger partial charge is 0.244 e. The zero-order chi connectivity index (χ0) is 20.8. The number of likely N-dealkylation sites (N-methyl/N-ethyl adjacent to an activating group) is 1. The van der Waals surface area contributed by atoms with Crippen LogP contribution in [0.2, 0.25) is 5.02 Å². The number of nitrogens with zero attached hydrogens (tertiary/aromatic N) is 4. The minimum absolute atomic E-state index is 0.0744. The standard InChI is InChI=1S/C20H20ClN5O2S/c1-14-23-24-20(26(14)15-8-4-3-5-9-15)29-13-19(28)25(2)12-18(27)22-17-11-7-6-10-16(17)21/h3-11H,12-13H2,1-2H3,(H,22,27). The fourth-order valence-corrected chi connectivity index (χ4v) is 3.72. The van der Waals surface area contributed by atoms with E-state index in [1.807, 2.05) is 41.8 Å². The minimum Gasteiger partial charge on any atom is -0.336 e. The molecule has 0 fully saturated rings. The van der Waals surface area contributed by atoms with E-state index in [-0.39, 0.29) is 24.1 Å². The lowest BCUT2D eigenvalue weighted by Gasteiger charge is -2.17. The Morgan fingerprint density at radius 1 is 1.10 bits per heavy atom. The number of anilines is 1. The number of thioether (sulfide) groups is 1. The van der Waals surface area contributed by atoms with Crippen LogP contribution in [-0.4, -0.2) is 50.8 Å². The van der Waals surface area contributed by atoms with Crippen molar-refractivity contribution in [3.63, 3.8) is 0 Å². The van der Waals surface area contributed by atoms with Crippen LogP contribution in [-0.2, 0) is 9.59 Å². The number of hydrogen-bond donors (Lipinski definition) is 1. The van der Waals surface area contributed by atoms with E-state index in [1.54, 1.807) is 31.3 Å². The van der Waals surface area contributed by atoms with Gasteiger partial charge < -0.3 is 10.2 Å². The maximum atomic E-state index is 12.5. The molecular formula is C20H20ClN5O2S. The zero-order valence-electron chi connectivity index (χ0n) is 16.0. The van der Waals surface area contributed by atoms with Crippen molar-refractivity contribution in [1.82, 2.24) is 19.7 Å². The lowest BCUT2D eigenvalue weighted by molar-refractivity contribution is -0.131. The molecule has 9 heteroatoms. The summed E-state index contributed by atoms with van der Waals surface area (Å²) in [7, 11) is 1.59. The Kier molecular flexibility index (Phi) is 6.90. The largest absolute Gasteiger partial charge is 0.336 e. The predicted molar refractivity (Wildman–Crippen MR) is 115 cm³/mol. The Labute approximate surface area is 178 Å². The molecule has 0 atom stereocenters. The van der Waals surface area contributed by atoms with Crippen LogP contribution in [0.3, 0.4) is 0 Å². The molecule has 0 spiro atoms. The number of nitrogens with one attached hydrogen (secondary N) is 1. The quantitative estimate of drug-likeness (QED) is 0.582. The number of rotatable bonds is 7. The molecule has 7 nitrogen and oxygen atoms in total. The van der Waals surface area contributed by atoms with Gasteiger partial charge >= 0.3 is 0 Å². The molecule has 0 radical (unpaired) electrons. The van der Waals surface area contributed by atoms with Gasteiger partial charge in [-0.1, -0.05) is 53.7 Å². The molecule has 1 N–H and O–H groups in total. The number of aryl methyl sites for hydroxylation is 1. The molecule has 1 aromatic heterocycles. The molecule has 3 rings (SSSR count). The number of carbonyl (C=O) groups excluding carboxylic acids is 2. The highest BCUT2D eigenvalue weighted by atomic mass is 35.5. The summed E-state index contributed by atoms with van der Waals surface area (Å²) in [4.78, 5) is 26.0. The molecule has 0 aliphatic carbocycles. The van der Waals surface area contributed by atoms with Crippen molar-refractivity contribution in [1.29, 1.82) is 0 Å². The van der Waals surface area contributed by atoms with Crippen LogP contribution in [0.5, 0.6) is 0 Å². The van der Waals surface area contributed by atoms with Crippen molar-refractivity contribution in [3.8, 4) is 5.69 Å². The summed E-state index contributed by atoms with van der Waals surface area (Å²) in [5, 5.41) is 12.0. The van der Waals surface area contributed by atoms with Gasteiger partial charge in [-0.3, -0.25) is 14.2 Å². The van der Waals surface area contributed by atoms with Gasteiger partial charge in [-0.25, -0.2) is 0 Å². The van der Waals surface area contributed by atoms with Crippen molar-refractivity contribution in [2.45, 2.75) is 12.1 Å². The van der Waals surface area contributed by atoms with E-state index in [4.69, 9.17) is 11.6 Å². The molecule has 0 saturated carbocycles. The molecular weight excluding hydrogens is 410 g/mol. The summed E-state index contributed by atoms with van der Waals surface area (Å²) in [6.45, 7) is 1.78. The third kappa shape index (κ3) is 5.36. The summed E-state index contributed by atoms with van der Waals surface area (Å²) >= 11 is 7.32. The Morgan fingerprint density at radius 3 is 2.52 bits per heavy atom. The lowest BCUT2D eigenvalue weighted by Crippen LogP contribution is -2.36. The Hall–Kier alpha value is -2.84. The van der Waals surface area contributed by atoms with Crippen molar-refractivity contribution >= 4 is 40.9 Å². The summed E-state index contributed by atoms with van der Waals surface area (Å²) in [6.07, 6.45) is 0. The van der Waals surface area contributed by atoms with Crippen LogP contribution < -0.4 is 5.32 Å². The number of amides is 2. The fraction of sp³-hybridized carbons (Fsp3) is 0.200. The number of benzene rings is 2. The number of hydrogen-bond acceptors (Lipinski definition) is 5. The normalized spacial score (nSPS) is 10.6. The number of carbonyl (C=O) groups is 2. The average molecular weight is 430 g/mol. The molecule has 0 bridgehead atoms. The summed E-state index contributed by atoms with van der Waals surface area (Å²) in [6, 6.07) is 16.6. The molecule has 0 unspecified atom stereocenters. The molecule has 0 aliphatic rings. The number of para-hydroxylation sites is 2. The van der Waals surface area contributed by atoms with Crippen LogP contribution >= 0.6 is 23.4 Å². The molecule has 2 amide bonds. The van der Waals surface area contributed by atoms with Crippen LogP contribution in [0.1, 0.15) is 5.82 Å². The summed E-state index contributed by atoms with van der Waals surface area (Å²) in [5.74, 6) is 0.367. The van der Waals surface area contributed by atoms with Crippen molar-refractivity contribution in [2.75, 3.05) is 24.7 Å². The SMILES string of the molecule is Cc1nnc(SCC(=O)N(C)CC(=O)Nc2ccccc2Cl)n1-c1ccccc1. The first-order chi connectivity index (χ1) is 14.0. The second kappa shape index (κ2) is 9.58. The number of aromatic nitrogens is 3. The van der Waals surface area contributed by atoms with Gasteiger partial charge in [0.1, 0.15) is 5.82 Å². The zero-order valence-corrected chi connectivity index (χ0v) is 17.6. The van der Waals surface area contributed by atoms with Gasteiger partial charge in [0.2, 0.25) is 11.8 Å². The highest BCUT2D eigenvalue weighted by Gasteiger charge is 2.17. The van der Waals surface area contributed by atoms with Crippen LogP contribution in [0.25, 0.3) is 5.69 Å². The minimum atomic E-state index is -0.317. The predicted octanol–water partition coefficient (Wildman–Crippen LogP) is 3.42. The van der Waals surface area contributed by atoms with Crippen LogP contribution in [0, 0.1) is 6.92 Å². The van der Waals surface area contributed by atoms with Crippen LogP contribution in [0.4, 0.5) is 5.69 Å². The second-order valence-corrected chi connectivity index (χ2v) is 7.62. The first-order valence-electron chi connectivity index (χ1n) is 8.84. The summed E-state index contributed by atoms with van der Waals surface area (Å²) < 4.78 is 1.89. The average Bonchev–Trinajstić information content (AvgIpc) is 3.08. The maximum Gasteiger partial charge on any atom is 0.244 e. The molecule has 150 valence electrons. The van der Waals surface area contributed by atoms with Crippen LogP contribution in [0.15, 0.2) is 59.8 Å². The van der Waals surface area contributed by atoms with Gasteiger partial charge in [0.05, 0.1) is 23.0 Å². The van der Waals surface area contributed by atoms with E-state index in [2.05, 4.69) is 15.5 Å². The third-order valence-electron chi connectivity index (χ3n) is 4.09.